The highest BCUT2D eigenvalue weighted by Gasteiger charge is 2.15. The standard InChI is InChI=1S/C27H26O/c1-5-22-14-10-11-20(4)27(22)23-16-15-19(3)24(18-23)25(26(28)6-2)17-21-12-8-7-9-13-21/h6-18H,2,5H2,1,3-4H3/b25-17+. The molecule has 28 heavy (non-hydrogen) atoms. The Bertz CT molecular complexity index is 1040. The second kappa shape index (κ2) is 8.67. The molecule has 3 rings (SSSR count). The van der Waals surface area contributed by atoms with Gasteiger partial charge in [0.2, 0.25) is 0 Å². The molecule has 0 aliphatic carbocycles. The van der Waals surface area contributed by atoms with E-state index >= 15 is 0 Å². The molecule has 140 valence electrons. The normalized spacial score (nSPS) is 11.3. The molecule has 0 bridgehead atoms. The Kier molecular flexibility index (Phi) is 6.06. The van der Waals surface area contributed by atoms with Crippen molar-refractivity contribution < 1.29 is 4.79 Å². The molecule has 0 N–H and O–H groups in total. The fraction of sp³-hybridized carbons (Fsp3) is 0.148. The van der Waals surface area contributed by atoms with E-state index in [0.717, 1.165) is 28.7 Å². The van der Waals surface area contributed by atoms with Crippen molar-refractivity contribution in [1.29, 1.82) is 0 Å². The number of benzene rings is 3. The lowest BCUT2D eigenvalue weighted by molar-refractivity contribution is -0.109. The molecule has 0 spiro atoms. The summed E-state index contributed by atoms with van der Waals surface area (Å²) < 4.78 is 0. The van der Waals surface area contributed by atoms with Gasteiger partial charge in [0, 0.05) is 5.57 Å². The number of hydrogen-bond acceptors (Lipinski definition) is 1. The van der Waals surface area contributed by atoms with Crippen molar-refractivity contribution in [3.63, 3.8) is 0 Å². The summed E-state index contributed by atoms with van der Waals surface area (Å²) >= 11 is 0. The van der Waals surface area contributed by atoms with Gasteiger partial charge in [-0.15, -0.1) is 0 Å². The number of allylic oxidation sites excluding steroid dienone is 2. The van der Waals surface area contributed by atoms with Crippen LogP contribution >= 0.6 is 0 Å². The average Bonchev–Trinajstić information content (AvgIpc) is 2.73. The van der Waals surface area contributed by atoms with Crippen molar-refractivity contribution in [2.24, 2.45) is 0 Å². The molecule has 0 aliphatic heterocycles. The van der Waals surface area contributed by atoms with E-state index in [9.17, 15) is 4.79 Å². The number of carbonyl (C=O) groups excluding carboxylic acids is 1. The summed E-state index contributed by atoms with van der Waals surface area (Å²) in [5, 5.41) is 0. The molecular weight excluding hydrogens is 340 g/mol. The zero-order chi connectivity index (χ0) is 20.1. The van der Waals surface area contributed by atoms with Crippen LogP contribution in [0.4, 0.5) is 0 Å². The summed E-state index contributed by atoms with van der Waals surface area (Å²) in [6.07, 6.45) is 4.32. The number of carbonyl (C=O) groups is 1. The Labute approximate surface area is 168 Å². The van der Waals surface area contributed by atoms with Gasteiger partial charge in [0.25, 0.3) is 0 Å². The Morgan fingerprint density at radius 1 is 0.929 bits per heavy atom. The fourth-order valence-electron chi connectivity index (χ4n) is 3.61. The summed E-state index contributed by atoms with van der Waals surface area (Å²) in [6.45, 7) is 10.1. The molecule has 0 atom stereocenters. The third-order valence-electron chi connectivity index (χ3n) is 5.12. The van der Waals surface area contributed by atoms with Crippen molar-refractivity contribution in [2.45, 2.75) is 27.2 Å². The summed E-state index contributed by atoms with van der Waals surface area (Å²) in [5.41, 5.74) is 8.68. The molecule has 0 aliphatic rings. The maximum Gasteiger partial charge on any atom is 0.185 e. The highest BCUT2D eigenvalue weighted by atomic mass is 16.1. The minimum absolute atomic E-state index is 0.0652. The Balaban J connectivity index is 2.21. The lowest BCUT2D eigenvalue weighted by atomic mass is 9.88. The maximum absolute atomic E-state index is 12.7. The third kappa shape index (κ3) is 4.04. The van der Waals surface area contributed by atoms with Crippen LogP contribution in [-0.4, -0.2) is 5.78 Å². The van der Waals surface area contributed by atoms with Gasteiger partial charge in [-0.1, -0.05) is 74.2 Å². The lowest BCUT2D eigenvalue weighted by Gasteiger charge is -2.15. The van der Waals surface area contributed by atoms with Crippen molar-refractivity contribution in [2.75, 3.05) is 0 Å². The van der Waals surface area contributed by atoms with Gasteiger partial charge >= 0.3 is 0 Å². The zero-order valence-corrected chi connectivity index (χ0v) is 16.8. The predicted molar refractivity (Wildman–Crippen MR) is 120 cm³/mol. The summed E-state index contributed by atoms with van der Waals surface area (Å²) in [4.78, 5) is 12.7. The van der Waals surface area contributed by atoms with E-state index in [-0.39, 0.29) is 5.78 Å². The van der Waals surface area contributed by atoms with E-state index in [0.29, 0.717) is 5.57 Å². The van der Waals surface area contributed by atoms with Gasteiger partial charge in [-0.3, -0.25) is 4.79 Å². The number of rotatable bonds is 6. The van der Waals surface area contributed by atoms with Crippen LogP contribution in [0, 0.1) is 13.8 Å². The molecule has 1 nitrogen and oxygen atoms in total. The molecular formula is C27H26O. The molecule has 0 radical (unpaired) electrons. The topological polar surface area (TPSA) is 17.1 Å². The number of aryl methyl sites for hydroxylation is 3. The van der Waals surface area contributed by atoms with Gasteiger partial charge in [0.05, 0.1) is 0 Å². The van der Waals surface area contributed by atoms with Crippen LogP contribution in [-0.2, 0) is 11.2 Å². The lowest BCUT2D eigenvalue weighted by Crippen LogP contribution is -2.01. The number of ketones is 1. The highest BCUT2D eigenvalue weighted by molar-refractivity contribution is 6.30. The Hall–Kier alpha value is -3.19. The highest BCUT2D eigenvalue weighted by Crippen LogP contribution is 2.32. The second-order valence-corrected chi connectivity index (χ2v) is 7.03. The minimum Gasteiger partial charge on any atom is -0.289 e. The van der Waals surface area contributed by atoms with Gasteiger partial charge in [0.15, 0.2) is 5.78 Å². The first-order valence-corrected chi connectivity index (χ1v) is 9.68. The Morgan fingerprint density at radius 3 is 2.36 bits per heavy atom. The van der Waals surface area contributed by atoms with Crippen molar-refractivity contribution in [3.8, 4) is 11.1 Å². The predicted octanol–water partition coefficient (Wildman–Crippen LogP) is 6.83. The van der Waals surface area contributed by atoms with Crippen LogP contribution in [0.15, 0.2) is 79.4 Å². The van der Waals surface area contributed by atoms with Crippen LogP contribution in [0.25, 0.3) is 22.8 Å². The van der Waals surface area contributed by atoms with Crippen LogP contribution < -0.4 is 0 Å². The fourth-order valence-corrected chi connectivity index (χ4v) is 3.61. The molecule has 0 saturated carbocycles. The molecule has 0 heterocycles. The van der Waals surface area contributed by atoms with Gasteiger partial charge < -0.3 is 0 Å². The van der Waals surface area contributed by atoms with Crippen molar-refractivity contribution >= 4 is 17.4 Å². The first kappa shape index (κ1) is 19.6. The summed E-state index contributed by atoms with van der Waals surface area (Å²) in [5.74, 6) is -0.0652. The third-order valence-corrected chi connectivity index (χ3v) is 5.12. The molecule has 0 unspecified atom stereocenters. The first-order chi connectivity index (χ1) is 13.5. The SMILES string of the molecule is C=CC(=O)/C(=C/c1ccccc1)c1cc(-c2c(C)cccc2CC)ccc1C. The first-order valence-electron chi connectivity index (χ1n) is 9.68. The van der Waals surface area contributed by atoms with E-state index in [2.05, 4.69) is 56.8 Å². The van der Waals surface area contributed by atoms with Gasteiger partial charge in [-0.2, -0.15) is 0 Å². The van der Waals surface area contributed by atoms with E-state index in [4.69, 9.17) is 0 Å². The van der Waals surface area contributed by atoms with Gasteiger partial charge in [-0.05, 0) is 77.4 Å². The molecule has 0 amide bonds. The van der Waals surface area contributed by atoms with Gasteiger partial charge in [0.1, 0.15) is 0 Å². The van der Waals surface area contributed by atoms with E-state index in [1.807, 2.05) is 43.3 Å². The molecule has 3 aromatic rings. The van der Waals surface area contributed by atoms with Crippen molar-refractivity contribution in [1.82, 2.24) is 0 Å². The second-order valence-electron chi connectivity index (χ2n) is 7.03. The molecule has 0 saturated heterocycles. The average molecular weight is 367 g/mol. The largest absolute Gasteiger partial charge is 0.289 e. The van der Waals surface area contributed by atoms with Crippen LogP contribution in [0.3, 0.4) is 0 Å². The Morgan fingerprint density at radius 2 is 1.68 bits per heavy atom. The van der Waals surface area contributed by atoms with Gasteiger partial charge in [-0.25, -0.2) is 0 Å². The zero-order valence-electron chi connectivity index (χ0n) is 16.8. The van der Waals surface area contributed by atoms with Crippen LogP contribution in [0.2, 0.25) is 0 Å². The van der Waals surface area contributed by atoms with Crippen LogP contribution in [0.1, 0.15) is 34.7 Å². The molecule has 0 aromatic heterocycles. The smallest absolute Gasteiger partial charge is 0.185 e. The summed E-state index contributed by atoms with van der Waals surface area (Å²) in [6, 6.07) is 22.8. The monoisotopic (exact) mass is 366 g/mol. The van der Waals surface area contributed by atoms with Crippen LogP contribution in [0.5, 0.6) is 0 Å². The molecule has 3 aromatic carbocycles. The molecule has 1 heteroatoms. The van der Waals surface area contributed by atoms with Crippen molar-refractivity contribution in [3.05, 3.63) is 107 Å². The minimum atomic E-state index is -0.0652. The van der Waals surface area contributed by atoms with E-state index in [1.165, 1.54) is 22.8 Å². The maximum atomic E-state index is 12.7. The number of hydrogen-bond donors (Lipinski definition) is 0. The summed E-state index contributed by atoms with van der Waals surface area (Å²) in [7, 11) is 0. The quantitative estimate of drug-likeness (QED) is 0.345. The van der Waals surface area contributed by atoms with E-state index < -0.39 is 0 Å². The molecule has 0 fully saturated rings. The van der Waals surface area contributed by atoms with E-state index in [1.54, 1.807) is 0 Å².